The van der Waals surface area contributed by atoms with Gasteiger partial charge in [0, 0.05) is 32.5 Å². The van der Waals surface area contributed by atoms with Crippen molar-refractivity contribution >= 4 is 0 Å². The van der Waals surface area contributed by atoms with Crippen molar-refractivity contribution in [3.05, 3.63) is 132 Å². The summed E-state index contributed by atoms with van der Waals surface area (Å²) in [6.07, 6.45) is 3.40. The maximum absolute atomic E-state index is 13.1. The van der Waals surface area contributed by atoms with Crippen LogP contribution in [0.5, 0.6) is 0 Å². The number of halogens is 3. The van der Waals surface area contributed by atoms with E-state index in [-0.39, 0.29) is 36.8 Å². The Morgan fingerprint density at radius 1 is 0.622 bits per heavy atom. The van der Waals surface area contributed by atoms with Crippen molar-refractivity contribution in [1.82, 2.24) is 9.97 Å². The summed E-state index contributed by atoms with van der Waals surface area (Å²) in [6, 6.07) is 34.9. The summed E-state index contributed by atoms with van der Waals surface area (Å²) in [5.41, 5.74) is 5.60. The molecule has 0 saturated heterocycles. The van der Waals surface area contributed by atoms with Crippen LogP contribution in [0.25, 0.3) is 33.6 Å². The van der Waals surface area contributed by atoms with E-state index in [0.29, 0.717) is 11.3 Å². The molecule has 0 N–H and O–H groups in total. The fourth-order valence-electron chi connectivity index (χ4n) is 3.79. The average Bonchev–Trinajstić information content (AvgIpc) is 2.98. The smallest absolute Gasteiger partial charge is 0.0986 e. The molecule has 2 nitrogen and oxygen atoms in total. The van der Waals surface area contributed by atoms with Gasteiger partial charge in [0.2, 0.25) is 0 Å². The minimum Gasteiger partial charge on any atom is -0.305 e. The first-order chi connectivity index (χ1) is 17.7. The zero-order valence-corrected chi connectivity index (χ0v) is 22.2. The molecule has 37 heavy (non-hydrogen) atoms. The third-order valence-electron chi connectivity index (χ3n) is 5.63. The summed E-state index contributed by atoms with van der Waals surface area (Å²) >= 11 is 0. The van der Waals surface area contributed by atoms with Crippen LogP contribution in [0.1, 0.15) is 16.7 Å². The maximum atomic E-state index is 13.1. The third kappa shape index (κ3) is 7.00. The van der Waals surface area contributed by atoms with E-state index in [2.05, 4.69) is 40.3 Å². The van der Waals surface area contributed by atoms with Crippen molar-refractivity contribution in [3.63, 3.8) is 0 Å². The van der Waals surface area contributed by atoms with Gasteiger partial charge in [0.1, 0.15) is 0 Å². The van der Waals surface area contributed by atoms with Gasteiger partial charge in [0.05, 0.1) is 20.0 Å². The molecular weight excluding hydrogens is 650 g/mol. The number of aromatic nitrogens is 2. The molecule has 0 atom stereocenters. The van der Waals surface area contributed by atoms with Crippen LogP contribution in [-0.4, -0.2) is 9.97 Å². The zero-order chi connectivity index (χ0) is 25.2. The molecule has 2 heterocycles. The second kappa shape index (κ2) is 14.2. The van der Waals surface area contributed by atoms with Crippen molar-refractivity contribution in [2.75, 3.05) is 0 Å². The summed E-state index contributed by atoms with van der Waals surface area (Å²) in [7, 11) is 0. The molecule has 189 valence electrons. The van der Waals surface area contributed by atoms with E-state index in [1.165, 1.54) is 17.2 Å². The van der Waals surface area contributed by atoms with Crippen LogP contribution in [0.2, 0.25) is 0 Å². The van der Waals surface area contributed by atoms with Gasteiger partial charge in [-0.25, -0.2) is 4.39 Å². The predicted molar refractivity (Wildman–Crippen MR) is 137 cm³/mol. The number of hydrogen-bond acceptors (Lipinski definition) is 2. The quantitative estimate of drug-likeness (QED) is 0.170. The molecule has 0 saturated carbocycles. The Kier molecular flexibility index (Phi) is 10.8. The first kappa shape index (κ1) is 28.0. The minimum absolute atomic E-state index is 0. The fraction of sp³-hybridized carbons (Fsp3) is 0.0968. The molecule has 0 aliphatic heterocycles. The fourth-order valence-corrected chi connectivity index (χ4v) is 3.79. The van der Waals surface area contributed by atoms with E-state index in [1.807, 2.05) is 54.7 Å². The summed E-state index contributed by atoms with van der Waals surface area (Å²) < 4.78 is 38.7. The Hall–Kier alpha value is -3.60. The SMILES string of the molecule is FCc1c[c-]c(-c2ccccn2)c(CF)c1CF.[Ir].[c-]1ccccc1-c1cc(-c2ccccc2)ccn1. The van der Waals surface area contributed by atoms with E-state index in [0.717, 1.165) is 11.3 Å². The minimum atomic E-state index is -0.896. The van der Waals surface area contributed by atoms with Crippen LogP contribution in [0.3, 0.4) is 0 Å². The summed E-state index contributed by atoms with van der Waals surface area (Å²) in [5.74, 6) is 0. The van der Waals surface area contributed by atoms with E-state index < -0.39 is 20.0 Å². The van der Waals surface area contributed by atoms with Crippen molar-refractivity contribution in [2.24, 2.45) is 0 Å². The Bertz CT molecular complexity index is 1330. The van der Waals surface area contributed by atoms with E-state index in [1.54, 1.807) is 24.4 Å². The molecule has 0 aliphatic carbocycles. The molecule has 0 bridgehead atoms. The zero-order valence-electron chi connectivity index (χ0n) is 19.8. The molecule has 0 aliphatic rings. The van der Waals surface area contributed by atoms with Gasteiger partial charge in [-0.1, -0.05) is 65.2 Å². The normalized spacial score (nSPS) is 10.1. The number of pyridine rings is 2. The number of alkyl halides is 3. The van der Waals surface area contributed by atoms with Gasteiger partial charge >= 0.3 is 0 Å². The molecule has 5 aromatic rings. The molecule has 0 unspecified atom stereocenters. The van der Waals surface area contributed by atoms with Gasteiger partial charge in [0.25, 0.3) is 0 Å². The summed E-state index contributed by atoms with van der Waals surface area (Å²) in [5, 5.41) is 0. The predicted octanol–water partition coefficient (Wildman–Crippen LogP) is 8.17. The second-order valence-corrected chi connectivity index (χ2v) is 7.83. The number of nitrogens with zero attached hydrogens (tertiary/aromatic N) is 2. The first-order valence-corrected chi connectivity index (χ1v) is 11.4. The van der Waals surface area contributed by atoms with Crippen LogP contribution < -0.4 is 0 Å². The average molecular weight is 673 g/mol. The van der Waals surface area contributed by atoms with Crippen LogP contribution in [-0.2, 0) is 40.1 Å². The molecule has 6 heteroatoms. The molecule has 2 aromatic heterocycles. The van der Waals surface area contributed by atoms with Gasteiger partial charge < -0.3 is 9.97 Å². The van der Waals surface area contributed by atoms with Crippen LogP contribution >= 0.6 is 0 Å². The summed E-state index contributed by atoms with van der Waals surface area (Å²) in [6.45, 7) is -2.59. The van der Waals surface area contributed by atoms with Gasteiger partial charge in [-0.05, 0) is 34.6 Å². The van der Waals surface area contributed by atoms with Gasteiger partial charge in [-0.3, -0.25) is 8.78 Å². The van der Waals surface area contributed by atoms with E-state index in [4.69, 9.17) is 0 Å². The van der Waals surface area contributed by atoms with Gasteiger partial charge in [0.15, 0.2) is 0 Å². The molecule has 3 aromatic carbocycles. The van der Waals surface area contributed by atoms with Gasteiger partial charge in [-0.2, -0.15) is 0 Å². The topological polar surface area (TPSA) is 25.8 Å². The molecule has 0 spiro atoms. The maximum Gasteiger partial charge on any atom is 0.0986 e. The number of hydrogen-bond donors (Lipinski definition) is 0. The largest absolute Gasteiger partial charge is 0.305 e. The first-order valence-electron chi connectivity index (χ1n) is 11.4. The second-order valence-electron chi connectivity index (χ2n) is 7.83. The standard InChI is InChI=1S/C17H12N.C14H11F3N.Ir/c1-3-7-14(8-4-1)16-11-12-18-17(13-16)15-9-5-2-6-10-15;15-7-10-4-5-11(13(9-17)12(10)8-16)14-3-1-2-6-18-14;/h1-9,11-13H;1-4,6H,7-9H2;/q2*-1;. The third-order valence-corrected chi connectivity index (χ3v) is 5.63. The van der Waals surface area contributed by atoms with Crippen LogP contribution in [0.4, 0.5) is 13.2 Å². The van der Waals surface area contributed by atoms with E-state index >= 15 is 0 Å². The Balaban J connectivity index is 0.000000200. The monoisotopic (exact) mass is 673 g/mol. The molecule has 0 fully saturated rings. The Morgan fingerprint density at radius 3 is 2.00 bits per heavy atom. The molecule has 5 rings (SSSR count). The van der Waals surface area contributed by atoms with Crippen molar-refractivity contribution in [2.45, 2.75) is 20.0 Å². The Morgan fingerprint density at radius 2 is 1.35 bits per heavy atom. The Labute approximate surface area is 228 Å². The molecule has 0 amide bonds. The molecular formula is C31H23F3IrN2-2. The van der Waals surface area contributed by atoms with Crippen molar-refractivity contribution in [1.29, 1.82) is 0 Å². The van der Waals surface area contributed by atoms with Gasteiger partial charge in [-0.15, -0.1) is 53.6 Å². The van der Waals surface area contributed by atoms with Crippen molar-refractivity contribution in [3.8, 4) is 33.6 Å². The summed E-state index contributed by atoms with van der Waals surface area (Å²) in [4.78, 5) is 8.48. The van der Waals surface area contributed by atoms with E-state index in [9.17, 15) is 13.2 Å². The number of benzene rings is 3. The van der Waals surface area contributed by atoms with Crippen LogP contribution in [0.15, 0.2) is 103 Å². The molecule has 1 radical (unpaired) electrons. The number of rotatable bonds is 6. The van der Waals surface area contributed by atoms with Crippen LogP contribution in [0, 0.1) is 12.1 Å². The van der Waals surface area contributed by atoms with Crippen molar-refractivity contribution < 1.29 is 33.3 Å².